The Morgan fingerprint density at radius 2 is 1.88 bits per heavy atom. The summed E-state index contributed by atoms with van der Waals surface area (Å²) in [6, 6.07) is 15.2. The molecular formula is C22H24N4O4S2. The van der Waals surface area contributed by atoms with Crippen molar-refractivity contribution < 1.29 is 13.2 Å². The van der Waals surface area contributed by atoms with Gasteiger partial charge in [0, 0.05) is 23.0 Å². The number of thioether (sulfide) groups is 1. The molecule has 0 saturated heterocycles. The Labute approximate surface area is 190 Å². The van der Waals surface area contributed by atoms with Gasteiger partial charge in [0.2, 0.25) is 15.9 Å². The fourth-order valence-electron chi connectivity index (χ4n) is 3.02. The molecule has 1 unspecified atom stereocenters. The van der Waals surface area contributed by atoms with Gasteiger partial charge in [-0.25, -0.2) is 13.4 Å². The molecule has 3 N–H and O–H groups in total. The average Bonchev–Trinajstić information content (AvgIpc) is 2.76. The van der Waals surface area contributed by atoms with Gasteiger partial charge in [-0.15, -0.1) is 0 Å². The van der Waals surface area contributed by atoms with Crippen LogP contribution in [0.3, 0.4) is 0 Å². The van der Waals surface area contributed by atoms with Crippen LogP contribution in [0.2, 0.25) is 0 Å². The molecule has 0 aliphatic rings. The topological polar surface area (TPSA) is 121 Å². The van der Waals surface area contributed by atoms with Gasteiger partial charge >= 0.3 is 0 Å². The van der Waals surface area contributed by atoms with Gasteiger partial charge in [-0.2, -0.15) is 16.5 Å². The quantitative estimate of drug-likeness (QED) is 0.440. The zero-order chi connectivity index (χ0) is 23.1. The molecule has 1 amide bonds. The summed E-state index contributed by atoms with van der Waals surface area (Å²) in [5.74, 6) is 0.514. The number of hydrogen-bond donors (Lipinski definition) is 3. The number of aromatic amines is 1. The monoisotopic (exact) mass is 472 g/mol. The first-order chi connectivity index (χ1) is 15.3. The molecule has 0 aliphatic carbocycles. The largest absolute Gasteiger partial charge is 0.325 e. The first kappa shape index (κ1) is 23.7. The summed E-state index contributed by atoms with van der Waals surface area (Å²) in [6.07, 6.45) is 2.21. The number of hydrogen-bond acceptors (Lipinski definition) is 6. The lowest BCUT2D eigenvalue weighted by molar-refractivity contribution is -0.117. The van der Waals surface area contributed by atoms with Crippen LogP contribution in [0.25, 0.3) is 11.4 Å². The molecule has 1 aromatic heterocycles. The Morgan fingerprint density at radius 3 is 2.56 bits per heavy atom. The molecule has 0 bridgehead atoms. The van der Waals surface area contributed by atoms with Gasteiger partial charge in [0.15, 0.2) is 0 Å². The number of nitrogens with zero attached hydrogens (tertiary/aromatic N) is 1. The van der Waals surface area contributed by atoms with E-state index in [1.807, 2.05) is 6.26 Å². The molecule has 8 nitrogen and oxygen atoms in total. The van der Waals surface area contributed by atoms with Crippen LogP contribution in [0.5, 0.6) is 0 Å². The molecule has 0 fully saturated rings. The summed E-state index contributed by atoms with van der Waals surface area (Å²) < 4.78 is 28.0. The van der Waals surface area contributed by atoms with Crippen molar-refractivity contribution in [2.75, 3.05) is 17.3 Å². The summed E-state index contributed by atoms with van der Waals surface area (Å²) in [6.45, 7) is 1.72. The highest BCUT2D eigenvalue weighted by molar-refractivity contribution is 7.98. The summed E-state index contributed by atoms with van der Waals surface area (Å²) in [5.41, 5.74) is 1.39. The maximum atomic E-state index is 13.0. The van der Waals surface area contributed by atoms with Gasteiger partial charge in [-0.1, -0.05) is 30.3 Å². The molecule has 32 heavy (non-hydrogen) atoms. The first-order valence-corrected chi connectivity index (χ1v) is 12.7. The minimum Gasteiger partial charge on any atom is -0.325 e. The molecule has 1 atom stereocenters. The number of carbonyl (C=O) groups is 1. The van der Waals surface area contributed by atoms with Crippen LogP contribution in [0, 0.1) is 6.92 Å². The Balaban J connectivity index is 1.81. The zero-order valence-electron chi connectivity index (χ0n) is 17.7. The number of anilines is 1. The number of benzene rings is 2. The van der Waals surface area contributed by atoms with Gasteiger partial charge in [0.25, 0.3) is 5.56 Å². The molecule has 10 heteroatoms. The normalized spacial score (nSPS) is 12.3. The predicted octanol–water partition coefficient (Wildman–Crippen LogP) is 2.78. The van der Waals surface area contributed by atoms with E-state index in [-0.39, 0.29) is 10.5 Å². The number of aromatic nitrogens is 2. The lowest BCUT2D eigenvalue weighted by atomic mass is 10.1. The Hall–Kier alpha value is -2.95. The molecule has 0 aliphatic heterocycles. The summed E-state index contributed by atoms with van der Waals surface area (Å²) >= 11 is 1.52. The second-order valence-corrected chi connectivity index (χ2v) is 9.77. The number of amides is 1. The van der Waals surface area contributed by atoms with Gasteiger partial charge < -0.3 is 10.3 Å². The van der Waals surface area contributed by atoms with E-state index in [1.165, 1.54) is 30.0 Å². The number of sulfonamides is 1. The van der Waals surface area contributed by atoms with Crippen LogP contribution in [-0.2, 0) is 14.8 Å². The van der Waals surface area contributed by atoms with Crippen LogP contribution < -0.4 is 15.6 Å². The highest BCUT2D eigenvalue weighted by atomic mass is 32.2. The molecule has 1 heterocycles. The maximum absolute atomic E-state index is 13.0. The van der Waals surface area contributed by atoms with Gasteiger partial charge in [-0.3, -0.25) is 9.59 Å². The van der Waals surface area contributed by atoms with E-state index in [0.717, 1.165) is 0 Å². The summed E-state index contributed by atoms with van der Waals surface area (Å²) in [4.78, 5) is 31.8. The molecule has 0 spiro atoms. The third-order valence-corrected chi connectivity index (χ3v) is 6.68. The van der Waals surface area contributed by atoms with Crippen LogP contribution in [0.4, 0.5) is 5.69 Å². The third kappa shape index (κ3) is 6.28. The van der Waals surface area contributed by atoms with Crippen molar-refractivity contribution in [1.29, 1.82) is 0 Å². The summed E-state index contributed by atoms with van der Waals surface area (Å²) in [5, 5.41) is 2.77. The lowest BCUT2D eigenvalue weighted by Gasteiger charge is -2.18. The second-order valence-electron chi connectivity index (χ2n) is 7.07. The van der Waals surface area contributed by atoms with Crippen molar-refractivity contribution in [3.63, 3.8) is 0 Å². The van der Waals surface area contributed by atoms with Crippen LogP contribution in [0.15, 0.2) is 70.4 Å². The molecule has 0 saturated carbocycles. The number of rotatable bonds is 9. The van der Waals surface area contributed by atoms with Crippen molar-refractivity contribution >= 4 is 33.4 Å². The van der Waals surface area contributed by atoms with Crippen molar-refractivity contribution in [3.8, 4) is 11.4 Å². The lowest BCUT2D eigenvalue weighted by Crippen LogP contribution is -2.44. The third-order valence-electron chi connectivity index (χ3n) is 4.55. The number of H-pyrrole nitrogens is 1. The number of carbonyl (C=O) groups excluding carboxylic acids is 1. The van der Waals surface area contributed by atoms with Crippen molar-refractivity contribution in [1.82, 2.24) is 14.7 Å². The minimum atomic E-state index is -3.86. The van der Waals surface area contributed by atoms with Crippen LogP contribution in [-0.4, -0.2) is 42.3 Å². The standard InChI is InChI=1S/C22H24N4O4S2/c1-15-13-20(27)25-21(23-15)16-7-6-8-17(14-16)24-22(28)19(11-12-31-2)26-32(29,30)18-9-4-3-5-10-18/h3-10,13-14,19,26H,11-12H2,1-2H3,(H,24,28)(H,23,25,27). The van der Waals surface area contributed by atoms with E-state index in [2.05, 4.69) is 20.0 Å². The Kier molecular flexibility index (Phi) is 7.84. The summed E-state index contributed by atoms with van der Waals surface area (Å²) in [7, 11) is -3.86. The van der Waals surface area contributed by atoms with Crippen molar-refractivity contribution in [3.05, 3.63) is 76.7 Å². The highest BCUT2D eigenvalue weighted by Gasteiger charge is 2.25. The predicted molar refractivity (Wildman–Crippen MR) is 127 cm³/mol. The molecular weight excluding hydrogens is 448 g/mol. The van der Waals surface area contributed by atoms with E-state index in [4.69, 9.17) is 0 Å². The van der Waals surface area contributed by atoms with E-state index in [9.17, 15) is 18.0 Å². The van der Waals surface area contributed by atoms with E-state index in [1.54, 1.807) is 49.4 Å². The Morgan fingerprint density at radius 1 is 1.12 bits per heavy atom. The maximum Gasteiger partial charge on any atom is 0.251 e. The molecule has 3 rings (SSSR count). The SMILES string of the molecule is CSCCC(NS(=O)(=O)c1ccccc1)C(=O)Nc1cccc(-c2nc(C)cc(=O)[nH]2)c1. The van der Waals surface area contributed by atoms with E-state index in [0.29, 0.717) is 34.9 Å². The fourth-order valence-corrected chi connectivity index (χ4v) is 4.75. The first-order valence-electron chi connectivity index (χ1n) is 9.84. The Bertz CT molecular complexity index is 1240. The van der Waals surface area contributed by atoms with Gasteiger partial charge in [0.05, 0.1) is 4.90 Å². The van der Waals surface area contributed by atoms with E-state index < -0.39 is 22.0 Å². The van der Waals surface area contributed by atoms with Crippen LogP contribution >= 0.6 is 11.8 Å². The molecule has 168 valence electrons. The van der Waals surface area contributed by atoms with Gasteiger partial charge in [0.1, 0.15) is 11.9 Å². The van der Waals surface area contributed by atoms with Gasteiger partial charge in [-0.05, 0) is 49.6 Å². The average molecular weight is 473 g/mol. The molecule has 2 aromatic carbocycles. The fraction of sp³-hybridized carbons (Fsp3) is 0.227. The minimum absolute atomic E-state index is 0.0958. The number of aryl methyl sites for hydroxylation is 1. The molecule has 0 radical (unpaired) electrons. The second kappa shape index (κ2) is 10.6. The van der Waals surface area contributed by atoms with E-state index >= 15 is 0 Å². The van der Waals surface area contributed by atoms with Crippen molar-refractivity contribution in [2.24, 2.45) is 0 Å². The highest BCUT2D eigenvalue weighted by Crippen LogP contribution is 2.20. The molecule has 3 aromatic rings. The number of nitrogens with one attached hydrogen (secondary N) is 3. The smallest absolute Gasteiger partial charge is 0.251 e. The van der Waals surface area contributed by atoms with Crippen LogP contribution in [0.1, 0.15) is 12.1 Å². The van der Waals surface area contributed by atoms with Crippen molar-refractivity contribution in [2.45, 2.75) is 24.3 Å². The zero-order valence-corrected chi connectivity index (χ0v) is 19.3.